The van der Waals surface area contributed by atoms with Gasteiger partial charge in [-0.15, -0.1) is 0 Å². The second kappa shape index (κ2) is 7.31. The molecule has 2 amide bonds. The van der Waals surface area contributed by atoms with E-state index in [0.717, 1.165) is 30.6 Å². The fourth-order valence-electron chi connectivity index (χ4n) is 2.24. The molecule has 0 radical (unpaired) electrons. The molecule has 0 saturated heterocycles. The maximum Gasteiger partial charge on any atom is 0.419 e. The first-order valence-electron chi connectivity index (χ1n) is 7.18. The Bertz CT molecular complexity index is 371. The molecule has 1 N–H and O–H groups in total. The van der Waals surface area contributed by atoms with Gasteiger partial charge in [-0.2, -0.15) is 0 Å². The van der Waals surface area contributed by atoms with Crippen LogP contribution in [0.25, 0.3) is 0 Å². The average molecular weight is 283 g/mol. The minimum absolute atomic E-state index is 0.199. The quantitative estimate of drug-likeness (QED) is 0.791. The summed E-state index contributed by atoms with van der Waals surface area (Å²) in [4.78, 5) is 23.7. The third kappa shape index (κ3) is 6.08. The average Bonchev–Trinajstić information content (AvgIpc) is 2.33. The van der Waals surface area contributed by atoms with Crippen LogP contribution in [-0.2, 0) is 4.74 Å². The highest BCUT2D eigenvalue weighted by Crippen LogP contribution is 2.23. The van der Waals surface area contributed by atoms with Crippen molar-refractivity contribution in [3.8, 4) is 0 Å². The third-order valence-corrected chi connectivity index (χ3v) is 3.22. The van der Waals surface area contributed by atoms with Gasteiger partial charge < -0.3 is 9.84 Å². The van der Waals surface area contributed by atoms with Crippen LogP contribution in [0, 0.1) is 5.92 Å². The normalized spacial score (nSPS) is 18.6. The van der Waals surface area contributed by atoms with Crippen molar-refractivity contribution in [3.63, 3.8) is 0 Å². The van der Waals surface area contributed by atoms with E-state index in [1.807, 2.05) is 0 Å². The number of nitrogens with zero attached hydrogens (tertiary/aromatic N) is 1. The van der Waals surface area contributed by atoms with Crippen molar-refractivity contribution in [2.45, 2.75) is 58.5 Å². The van der Waals surface area contributed by atoms with Crippen LogP contribution in [0.15, 0.2) is 12.2 Å². The molecule has 1 aliphatic rings. The third-order valence-electron chi connectivity index (χ3n) is 3.22. The van der Waals surface area contributed by atoms with Gasteiger partial charge in [-0.1, -0.05) is 12.2 Å². The largest absolute Gasteiger partial charge is 0.465 e. The Labute approximate surface area is 120 Å². The van der Waals surface area contributed by atoms with Crippen molar-refractivity contribution in [1.82, 2.24) is 4.90 Å². The van der Waals surface area contributed by atoms with Crippen molar-refractivity contribution in [2.75, 3.05) is 6.54 Å². The van der Waals surface area contributed by atoms with Crippen LogP contribution >= 0.6 is 0 Å². The Hall–Kier alpha value is -1.52. The number of carbonyl (C=O) groups excluding carboxylic acids is 1. The van der Waals surface area contributed by atoms with E-state index in [0.29, 0.717) is 12.3 Å². The van der Waals surface area contributed by atoms with Crippen molar-refractivity contribution in [3.05, 3.63) is 12.2 Å². The number of allylic oxidation sites excluding steroid dienone is 2. The predicted molar refractivity (Wildman–Crippen MR) is 76.7 cm³/mol. The van der Waals surface area contributed by atoms with Crippen LogP contribution in [0.5, 0.6) is 0 Å². The number of hydrogen-bond acceptors (Lipinski definition) is 3. The van der Waals surface area contributed by atoms with E-state index in [-0.39, 0.29) is 6.54 Å². The summed E-state index contributed by atoms with van der Waals surface area (Å²) in [6.45, 7) is 5.36. The predicted octanol–water partition coefficient (Wildman–Crippen LogP) is 4.04. The molecule has 0 heterocycles. The lowest BCUT2D eigenvalue weighted by Crippen LogP contribution is -2.40. The van der Waals surface area contributed by atoms with Crippen LogP contribution in [0.2, 0.25) is 0 Å². The number of imide groups is 1. The standard InChI is InChI=1S/C15H25NO4/c1-15(2,3)20-14(19)16(13(17)18)11-7-10-12-8-5-4-6-9-12/h4-5,12H,6-11H2,1-3H3,(H,17,18). The second-order valence-corrected chi connectivity index (χ2v) is 6.21. The molecule has 0 aliphatic heterocycles. The summed E-state index contributed by atoms with van der Waals surface area (Å²) < 4.78 is 5.10. The van der Waals surface area contributed by atoms with E-state index in [1.54, 1.807) is 20.8 Å². The van der Waals surface area contributed by atoms with E-state index < -0.39 is 17.8 Å². The van der Waals surface area contributed by atoms with Gasteiger partial charge in [0.1, 0.15) is 5.60 Å². The van der Waals surface area contributed by atoms with Gasteiger partial charge in [0.05, 0.1) is 0 Å². The van der Waals surface area contributed by atoms with Crippen LogP contribution < -0.4 is 0 Å². The van der Waals surface area contributed by atoms with Crippen LogP contribution in [0.3, 0.4) is 0 Å². The molecule has 0 aromatic rings. The molecule has 1 aliphatic carbocycles. The molecule has 0 saturated carbocycles. The first-order chi connectivity index (χ1) is 9.29. The van der Waals surface area contributed by atoms with E-state index in [2.05, 4.69) is 12.2 Å². The zero-order valence-corrected chi connectivity index (χ0v) is 12.6. The Kier molecular flexibility index (Phi) is 6.05. The molecule has 1 unspecified atom stereocenters. The maximum absolute atomic E-state index is 11.8. The van der Waals surface area contributed by atoms with E-state index in [1.165, 1.54) is 0 Å². The SMILES string of the molecule is CC(C)(C)OC(=O)N(CCCC1CC=CCC1)C(=O)O. The number of carboxylic acid groups (broad SMARTS) is 1. The summed E-state index contributed by atoms with van der Waals surface area (Å²) in [6, 6.07) is 0. The Morgan fingerprint density at radius 2 is 2.05 bits per heavy atom. The van der Waals surface area contributed by atoms with Gasteiger partial charge in [0.25, 0.3) is 0 Å². The zero-order valence-electron chi connectivity index (χ0n) is 12.6. The van der Waals surface area contributed by atoms with Crippen LogP contribution in [-0.4, -0.2) is 34.3 Å². The summed E-state index contributed by atoms with van der Waals surface area (Å²) in [5, 5.41) is 9.09. The van der Waals surface area contributed by atoms with Gasteiger partial charge in [0, 0.05) is 6.54 Å². The Morgan fingerprint density at radius 1 is 1.35 bits per heavy atom. The number of hydrogen-bond donors (Lipinski definition) is 1. The smallest absolute Gasteiger partial charge is 0.419 e. The number of carbonyl (C=O) groups is 2. The highest BCUT2D eigenvalue weighted by molar-refractivity contribution is 5.86. The minimum atomic E-state index is -1.25. The number of ether oxygens (including phenoxy) is 1. The van der Waals surface area contributed by atoms with E-state index in [9.17, 15) is 9.59 Å². The molecule has 5 nitrogen and oxygen atoms in total. The van der Waals surface area contributed by atoms with Crippen LogP contribution in [0.1, 0.15) is 52.9 Å². The van der Waals surface area contributed by atoms with Crippen molar-refractivity contribution in [2.24, 2.45) is 5.92 Å². The molecule has 5 heteroatoms. The van der Waals surface area contributed by atoms with E-state index >= 15 is 0 Å². The topological polar surface area (TPSA) is 66.8 Å². The van der Waals surface area contributed by atoms with Gasteiger partial charge in [-0.05, 0) is 58.8 Å². The lowest BCUT2D eigenvalue weighted by atomic mass is 9.90. The van der Waals surface area contributed by atoms with Crippen molar-refractivity contribution >= 4 is 12.2 Å². The fourth-order valence-corrected chi connectivity index (χ4v) is 2.24. The first-order valence-corrected chi connectivity index (χ1v) is 7.18. The highest BCUT2D eigenvalue weighted by atomic mass is 16.6. The number of amides is 2. The van der Waals surface area contributed by atoms with Gasteiger partial charge >= 0.3 is 12.2 Å². The molecule has 114 valence electrons. The minimum Gasteiger partial charge on any atom is -0.465 e. The first kappa shape index (κ1) is 16.5. The molecule has 20 heavy (non-hydrogen) atoms. The maximum atomic E-state index is 11.8. The highest BCUT2D eigenvalue weighted by Gasteiger charge is 2.26. The molecular formula is C15H25NO4. The fraction of sp³-hybridized carbons (Fsp3) is 0.733. The summed E-state index contributed by atoms with van der Waals surface area (Å²) in [5.41, 5.74) is -0.682. The monoisotopic (exact) mass is 283 g/mol. The van der Waals surface area contributed by atoms with Gasteiger partial charge in [-0.25, -0.2) is 14.5 Å². The Balaban J connectivity index is 2.41. The Morgan fingerprint density at radius 3 is 2.55 bits per heavy atom. The molecular weight excluding hydrogens is 258 g/mol. The molecule has 1 atom stereocenters. The van der Waals surface area contributed by atoms with Gasteiger partial charge in [0.2, 0.25) is 0 Å². The summed E-state index contributed by atoms with van der Waals surface area (Å²) in [6.07, 6.45) is 7.25. The molecule has 0 aromatic heterocycles. The van der Waals surface area contributed by atoms with Gasteiger partial charge in [-0.3, -0.25) is 0 Å². The molecule has 0 bridgehead atoms. The summed E-state index contributed by atoms with van der Waals surface area (Å²) in [7, 11) is 0. The van der Waals surface area contributed by atoms with Gasteiger partial charge in [0.15, 0.2) is 0 Å². The molecule has 1 rings (SSSR count). The second-order valence-electron chi connectivity index (χ2n) is 6.21. The number of rotatable bonds is 4. The molecule has 0 fully saturated rings. The summed E-state index contributed by atoms with van der Waals surface area (Å²) in [5.74, 6) is 0.606. The molecule has 0 aromatic carbocycles. The zero-order chi connectivity index (χ0) is 15.2. The summed E-state index contributed by atoms with van der Waals surface area (Å²) >= 11 is 0. The lowest BCUT2D eigenvalue weighted by molar-refractivity contribution is 0.0265. The van der Waals surface area contributed by atoms with Crippen LogP contribution in [0.4, 0.5) is 9.59 Å². The van der Waals surface area contributed by atoms with Crippen molar-refractivity contribution < 1.29 is 19.4 Å². The van der Waals surface area contributed by atoms with Crippen molar-refractivity contribution in [1.29, 1.82) is 0 Å². The molecule has 0 spiro atoms. The van der Waals surface area contributed by atoms with E-state index in [4.69, 9.17) is 9.84 Å². The lowest BCUT2D eigenvalue weighted by Gasteiger charge is -2.25.